The largest absolute Gasteiger partial charge is 0.489 e. The van der Waals surface area contributed by atoms with E-state index in [0.29, 0.717) is 18.6 Å². The van der Waals surface area contributed by atoms with Gasteiger partial charge in [-0.2, -0.15) is 5.10 Å². The van der Waals surface area contributed by atoms with Crippen LogP contribution in [0.25, 0.3) is 11.3 Å². The van der Waals surface area contributed by atoms with Crippen LogP contribution in [0.4, 0.5) is 4.79 Å². The van der Waals surface area contributed by atoms with Crippen molar-refractivity contribution in [3.8, 4) is 17.0 Å². The summed E-state index contributed by atoms with van der Waals surface area (Å²) in [5.41, 5.74) is 2.46. The van der Waals surface area contributed by atoms with E-state index in [2.05, 4.69) is 23.9 Å². The van der Waals surface area contributed by atoms with Crippen molar-refractivity contribution in [1.29, 1.82) is 0 Å². The van der Waals surface area contributed by atoms with Crippen LogP contribution in [-0.4, -0.2) is 45.5 Å². The first kappa shape index (κ1) is 22.1. The minimum atomic E-state index is -0.327. The Labute approximate surface area is 179 Å². The van der Waals surface area contributed by atoms with E-state index in [1.807, 2.05) is 19.2 Å². The number of carbonyl (C=O) groups is 1. The Morgan fingerprint density at radius 1 is 1.23 bits per heavy atom. The Morgan fingerprint density at radius 3 is 2.67 bits per heavy atom. The standard InChI is InChI=1S/C23H34N4O3/c1-17(2)12-13-26(3)23(28)29-16-22-20(15-25-27(22)4)21-11-10-19(14-24-21)30-18-8-6-5-7-9-18/h10-11,14-15,17-18H,5-9,12-13,16H2,1-4H3. The molecule has 3 rings (SSSR count). The first-order chi connectivity index (χ1) is 14.4. The highest BCUT2D eigenvalue weighted by molar-refractivity contribution is 5.68. The molecule has 0 saturated heterocycles. The Hall–Kier alpha value is -2.57. The van der Waals surface area contributed by atoms with Crippen molar-refractivity contribution in [3.63, 3.8) is 0 Å². The molecule has 2 aromatic rings. The smallest absolute Gasteiger partial charge is 0.409 e. The van der Waals surface area contributed by atoms with Crippen molar-refractivity contribution in [2.24, 2.45) is 13.0 Å². The van der Waals surface area contributed by atoms with Crippen molar-refractivity contribution in [1.82, 2.24) is 19.7 Å². The second kappa shape index (κ2) is 10.5. The number of pyridine rings is 1. The summed E-state index contributed by atoms with van der Waals surface area (Å²) in [4.78, 5) is 18.5. The van der Waals surface area contributed by atoms with Gasteiger partial charge in [0.05, 0.1) is 29.9 Å². The number of aryl methyl sites for hydroxylation is 1. The fraction of sp³-hybridized carbons (Fsp3) is 0.609. The molecule has 164 valence electrons. The van der Waals surface area contributed by atoms with Gasteiger partial charge in [0.1, 0.15) is 12.4 Å². The van der Waals surface area contributed by atoms with Gasteiger partial charge in [0.2, 0.25) is 0 Å². The zero-order valence-corrected chi connectivity index (χ0v) is 18.6. The van der Waals surface area contributed by atoms with E-state index in [1.165, 1.54) is 19.3 Å². The average molecular weight is 415 g/mol. The maximum Gasteiger partial charge on any atom is 0.409 e. The molecule has 0 aromatic carbocycles. The van der Waals surface area contributed by atoms with Crippen LogP contribution in [0.2, 0.25) is 0 Å². The van der Waals surface area contributed by atoms with Crippen LogP contribution in [0.3, 0.4) is 0 Å². The van der Waals surface area contributed by atoms with E-state index in [4.69, 9.17) is 9.47 Å². The second-order valence-electron chi connectivity index (χ2n) is 8.54. The van der Waals surface area contributed by atoms with E-state index in [0.717, 1.165) is 42.0 Å². The summed E-state index contributed by atoms with van der Waals surface area (Å²) in [5, 5.41) is 4.33. The van der Waals surface area contributed by atoms with E-state index in [1.54, 1.807) is 29.0 Å². The molecule has 2 aromatic heterocycles. The predicted molar refractivity (Wildman–Crippen MR) is 116 cm³/mol. The molecule has 1 aliphatic rings. The highest BCUT2D eigenvalue weighted by Crippen LogP contribution is 2.26. The van der Waals surface area contributed by atoms with Gasteiger partial charge in [0.15, 0.2) is 0 Å². The summed E-state index contributed by atoms with van der Waals surface area (Å²) in [7, 11) is 3.61. The van der Waals surface area contributed by atoms with E-state index >= 15 is 0 Å². The monoisotopic (exact) mass is 414 g/mol. The minimum absolute atomic E-state index is 0.151. The number of aromatic nitrogens is 3. The molecule has 0 unspecified atom stereocenters. The average Bonchev–Trinajstić information content (AvgIpc) is 3.11. The van der Waals surface area contributed by atoms with Gasteiger partial charge >= 0.3 is 6.09 Å². The summed E-state index contributed by atoms with van der Waals surface area (Å²) in [6, 6.07) is 3.90. The van der Waals surface area contributed by atoms with Gasteiger partial charge in [-0.3, -0.25) is 9.67 Å². The molecule has 0 spiro atoms. The van der Waals surface area contributed by atoms with Gasteiger partial charge in [-0.25, -0.2) is 4.79 Å². The third-order valence-corrected chi connectivity index (χ3v) is 5.61. The zero-order chi connectivity index (χ0) is 21.5. The topological polar surface area (TPSA) is 69.5 Å². The molecule has 0 radical (unpaired) electrons. The molecule has 2 heterocycles. The molecule has 30 heavy (non-hydrogen) atoms. The molecule has 0 bridgehead atoms. The summed E-state index contributed by atoms with van der Waals surface area (Å²) < 4.78 is 13.3. The van der Waals surface area contributed by atoms with Gasteiger partial charge in [0.25, 0.3) is 0 Å². The number of ether oxygens (including phenoxy) is 2. The first-order valence-corrected chi connectivity index (χ1v) is 11.0. The number of rotatable bonds is 8. The highest BCUT2D eigenvalue weighted by Gasteiger charge is 2.18. The molecule has 1 saturated carbocycles. The summed E-state index contributed by atoms with van der Waals surface area (Å²) in [6.07, 6.45) is 10.5. The van der Waals surface area contributed by atoms with Crippen molar-refractivity contribution < 1.29 is 14.3 Å². The maximum atomic E-state index is 12.3. The number of hydrogen-bond donors (Lipinski definition) is 0. The molecule has 0 N–H and O–H groups in total. The molecular formula is C23H34N4O3. The molecule has 7 heteroatoms. The third-order valence-electron chi connectivity index (χ3n) is 5.61. The summed E-state index contributed by atoms with van der Waals surface area (Å²) in [6.45, 7) is 5.11. The van der Waals surface area contributed by atoms with Crippen molar-refractivity contribution in [2.75, 3.05) is 13.6 Å². The Morgan fingerprint density at radius 2 is 2.00 bits per heavy atom. The van der Waals surface area contributed by atoms with Gasteiger partial charge in [-0.1, -0.05) is 20.3 Å². The van der Waals surface area contributed by atoms with Crippen molar-refractivity contribution in [2.45, 2.75) is 65.1 Å². The lowest BCUT2D eigenvalue weighted by Crippen LogP contribution is -2.29. The van der Waals surface area contributed by atoms with Crippen LogP contribution < -0.4 is 4.74 Å². The minimum Gasteiger partial charge on any atom is -0.489 e. The normalized spacial score (nSPS) is 14.7. The fourth-order valence-corrected chi connectivity index (χ4v) is 3.62. The van der Waals surface area contributed by atoms with Gasteiger partial charge in [0, 0.05) is 26.2 Å². The van der Waals surface area contributed by atoms with Crippen molar-refractivity contribution >= 4 is 6.09 Å². The van der Waals surface area contributed by atoms with Crippen LogP contribution in [0, 0.1) is 5.92 Å². The molecule has 0 aliphatic heterocycles. The summed E-state index contributed by atoms with van der Waals surface area (Å²) in [5.74, 6) is 1.34. The zero-order valence-electron chi connectivity index (χ0n) is 18.6. The number of nitrogens with zero attached hydrogens (tertiary/aromatic N) is 4. The molecule has 7 nitrogen and oxygen atoms in total. The Kier molecular flexibility index (Phi) is 7.71. The van der Waals surface area contributed by atoms with Gasteiger partial charge < -0.3 is 14.4 Å². The lowest BCUT2D eigenvalue weighted by atomic mass is 9.98. The second-order valence-corrected chi connectivity index (χ2v) is 8.54. The van der Waals surface area contributed by atoms with Gasteiger partial charge in [-0.05, 0) is 50.2 Å². The Bertz CT molecular complexity index is 810. The predicted octanol–water partition coefficient (Wildman–Crippen LogP) is 4.81. The van der Waals surface area contributed by atoms with Gasteiger partial charge in [-0.15, -0.1) is 0 Å². The lowest BCUT2D eigenvalue weighted by molar-refractivity contribution is 0.101. The lowest BCUT2D eigenvalue weighted by Gasteiger charge is -2.22. The SMILES string of the molecule is CC(C)CCN(C)C(=O)OCc1c(-c2ccc(OC3CCCCC3)cn2)cnn1C. The van der Waals surface area contributed by atoms with E-state index in [9.17, 15) is 4.79 Å². The highest BCUT2D eigenvalue weighted by atomic mass is 16.6. The van der Waals surface area contributed by atoms with Crippen LogP contribution in [-0.2, 0) is 18.4 Å². The first-order valence-electron chi connectivity index (χ1n) is 11.0. The Balaban J connectivity index is 1.61. The van der Waals surface area contributed by atoms with E-state index in [-0.39, 0.29) is 12.7 Å². The molecular weight excluding hydrogens is 380 g/mol. The quantitative estimate of drug-likeness (QED) is 0.620. The molecule has 1 aliphatic carbocycles. The third kappa shape index (κ3) is 5.97. The number of amides is 1. The van der Waals surface area contributed by atoms with Crippen LogP contribution in [0.1, 0.15) is 58.1 Å². The molecule has 1 amide bonds. The van der Waals surface area contributed by atoms with Crippen molar-refractivity contribution in [3.05, 3.63) is 30.2 Å². The molecule has 0 atom stereocenters. The van der Waals surface area contributed by atoms with E-state index < -0.39 is 0 Å². The van der Waals surface area contributed by atoms with Crippen LogP contribution >= 0.6 is 0 Å². The fourth-order valence-electron chi connectivity index (χ4n) is 3.62. The maximum absolute atomic E-state index is 12.3. The number of carbonyl (C=O) groups excluding carboxylic acids is 1. The van der Waals surface area contributed by atoms with Crippen LogP contribution in [0.5, 0.6) is 5.75 Å². The molecule has 1 fully saturated rings. The van der Waals surface area contributed by atoms with Crippen LogP contribution in [0.15, 0.2) is 24.5 Å². The summed E-state index contributed by atoms with van der Waals surface area (Å²) >= 11 is 0. The number of hydrogen-bond acceptors (Lipinski definition) is 5.